The van der Waals surface area contributed by atoms with E-state index >= 15 is 0 Å². The van der Waals surface area contributed by atoms with E-state index in [4.69, 9.17) is 11.6 Å². The lowest BCUT2D eigenvalue weighted by Crippen LogP contribution is -2.24. The summed E-state index contributed by atoms with van der Waals surface area (Å²) in [7, 11) is -0.809. The van der Waals surface area contributed by atoms with Gasteiger partial charge in [-0.2, -0.15) is 5.10 Å². The quantitative estimate of drug-likeness (QED) is 0.850. The van der Waals surface area contributed by atoms with E-state index in [1.165, 1.54) is 30.9 Å². The maximum Gasteiger partial charge on any atom is 0.246 e. The van der Waals surface area contributed by atoms with Gasteiger partial charge in [0.25, 0.3) is 0 Å². The minimum Gasteiger partial charge on any atom is -0.324 e. The molecule has 1 amide bonds. The Balaban J connectivity index is 2.23. The molecule has 1 N–H and O–H groups in total. The molecule has 0 aliphatic carbocycles. The number of aromatic nitrogens is 2. The van der Waals surface area contributed by atoms with Gasteiger partial charge in [0, 0.05) is 19.8 Å². The third kappa shape index (κ3) is 4.00. The van der Waals surface area contributed by atoms with Crippen LogP contribution in [0.3, 0.4) is 0 Å². The van der Waals surface area contributed by atoms with Crippen LogP contribution in [0.15, 0.2) is 23.1 Å². The molecule has 2 aromatic rings. The molecule has 1 aromatic heterocycles. The molecule has 136 valence electrons. The van der Waals surface area contributed by atoms with Gasteiger partial charge in [0.05, 0.1) is 16.4 Å². The highest BCUT2D eigenvalue weighted by atomic mass is 35.5. The fraction of sp³-hybridized carbons (Fsp3) is 0.333. The minimum atomic E-state index is -3.66. The van der Waals surface area contributed by atoms with Crippen LogP contribution >= 0.6 is 11.6 Å². The van der Waals surface area contributed by atoms with Crippen molar-refractivity contribution < 1.29 is 17.6 Å². The van der Waals surface area contributed by atoms with E-state index in [1.807, 2.05) is 0 Å². The normalized spacial score (nSPS) is 11.8. The third-order valence-corrected chi connectivity index (χ3v) is 5.91. The van der Waals surface area contributed by atoms with Gasteiger partial charge in [0.2, 0.25) is 15.9 Å². The van der Waals surface area contributed by atoms with E-state index in [-0.39, 0.29) is 16.5 Å². The molecule has 0 radical (unpaired) electrons. The van der Waals surface area contributed by atoms with Crippen LogP contribution in [0.25, 0.3) is 0 Å². The van der Waals surface area contributed by atoms with Crippen LogP contribution < -0.4 is 5.32 Å². The fourth-order valence-electron chi connectivity index (χ4n) is 2.30. The van der Waals surface area contributed by atoms with Crippen LogP contribution in [-0.2, 0) is 21.4 Å². The molecule has 2 rings (SSSR count). The van der Waals surface area contributed by atoms with Gasteiger partial charge < -0.3 is 5.32 Å². The zero-order valence-electron chi connectivity index (χ0n) is 14.2. The lowest BCUT2D eigenvalue weighted by molar-refractivity contribution is -0.116. The average Bonchev–Trinajstić information content (AvgIpc) is 2.77. The van der Waals surface area contributed by atoms with Gasteiger partial charge in [-0.05, 0) is 32.0 Å². The molecule has 10 heteroatoms. The Morgan fingerprint density at radius 3 is 2.56 bits per heavy atom. The van der Waals surface area contributed by atoms with E-state index in [9.17, 15) is 17.6 Å². The van der Waals surface area contributed by atoms with Crippen LogP contribution in [0.5, 0.6) is 0 Å². The zero-order valence-corrected chi connectivity index (χ0v) is 15.7. The van der Waals surface area contributed by atoms with E-state index in [0.29, 0.717) is 17.1 Å². The molecule has 1 aromatic carbocycles. The molecule has 0 atom stereocenters. The monoisotopic (exact) mass is 388 g/mol. The predicted molar refractivity (Wildman–Crippen MR) is 92.6 cm³/mol. The fourth-order valence-corrected chi connectivity index (χ4v) is 3.74. The Morgan fingerprint density at radius 1 is 1.36 bits per heavy atom. The molecule has 0 spiro atoms. The largest absolute Gasteiger partial charge is 0.324 e. The molecular weight excluding hydrogens is 371 g/mol. The number of sulfonamides is 1. The van der Waals surface area contributed by atoms with Gasteiger partial charge in [-0.25, -0.2) is 17.1 Å². The first-order chi connectivity index (χ1) is 11.5. The molecule has 0 saturated carbocycles. The molecule has 0 aliphatic heterocycles. The number of hydrogen-bond acceptors (Lipinski definition) is 4. The predicted octanol–water partition coefficient (Wildman–Crippen LogP) is 2.18. The number of nitrogens with zero attached hydrogens (tertiary/aromatic N) is 3. The standard InChI is InChI=1S/C15H18ClFN4O3S/c1-9-15(25(23,24)20(3)4)10(2)21(19-9)8-14(22)18-11-5-6-13(17)12(16)7-11/h5-7H,8H2,1-4H3,(H,18,22). The maximum absolute atomic E-state index is 13.1. The van der Waals surface area contributed by atoms with Crippen molar-refractivity contribution in [2.24, 2.45) is 0 Å². The van der Waals surface area contributed by atoms with Crippen molar-refractivity contribution in [2.75, 3.05) is 19.4 Å². The van der Waals surface area contributed by atoms with Gasteiger partial charge in [-0.3, -0.25) is 9.48 Å². The summed E-state index contributed by atoms with van der Waals surface area (Å²) >= 11 is 5.67. The van der Waals surface area contributed by atoms with Crippen molar-refractivity contribution in [1.29, 1.82) is 0 Å². The van der Waals surface area contributed by atoms with E-state index < -0.39 is 21.7 Å². The Labute approximate surface area is 150 Å². The number of aryl methyl sites for hydroxylation is 1. The summed E-state index contributed by atoms with van der Waals surface area (Å²) in [5.41, 5.74) is 1.00. The highest BCUT2D eigenvalue weighted by molar-refractivity contribution is 7.89. The summed E-state index contributed by atoms with van der Waals surface area (Å²) < 4.78 is 40.3. The van der Waals surface area contributed by atoms with Gasteiger partial charge in [0.15, 0.2) is 0 Å². The summed E-state index contributed by atoms with van der Waals surface area (Å²) in [6.45, 7) is 2.96. The highest BCUT2D eigenvalue weighted by Gasteiger charge is 2.27. The van der Waals surface area contributed by atoms with Crippen molar-refractivity contribution in [2.45, 2.75) is 25.3 Å². The molecule has 1 heterocycles. The number of nitrogens with one attached hydrogen (secondary N) is 1. The molecular formula is C15H18ClFN4O3S. The first-order valence-corrected chi connectivity index (χ1v) is 9.07. The van der Waals surface area contributed by atoms with Crippen LogP contribution in [0.4, 0.5) is 10.1 Å². The van der Waals surface area contributed by atoms with Crippen LogP contribution in [-0.4, -0.2) is 42.5 Å². The number of anilines is 1. The van der Waals surface area contributed by atoms with Crippen molar-refractivity contribution in [3.05, 3.63) is 40.4 Å². The van der Waals surface area contributed by atoms with Gasteiger partial charge in [-0.1, -0.05) is 11.6 Å². The second kappa shape index (κ2) is 7.11. The summed E-state index contributed by atoms with van der Waals surface area (Å²) in [6.07, 6.45) is 0. The Hall–Kier alpha value is -1.97. The van der Waals surface area contributed by atoms with Gasteiger partial charge in [0.1, 0.15) is 17.3 Å². The second-order valence-electron chi connectivity index (χ2n) is 5.62. The number of amides is 1. The number of benzene rings is 1. The lowest BCUT2D eigenvalue weighted by Gasteiger charge is -2.12. The smallest absolute Gasteiger partial charge is 0.246 e. The molecule has 0 fully saturated rings. The Morgan fingerprint density at radius 2 is 2.00 bits per heavy atom. The number of halogens is 2. The summed E-state index contributed by atoms with van der Waals surface area (Å²) in [6, 6.07) is 3.81. The summed E-state index contributed by atoms with van der Waals surface area (Å²) in [5, 5.41) is 6.59. The van der Waals surface area contributed by atoms with Crippen LogP contribution in [0, 0.1) is 19.7 Å². The third-order valence-electron chi connectivity index (χ3n) is 3.55. The van der Waals surface area contributed by atoms with Crippen molar-refractivity contribution in [3.63, 3.8) is 0 Å². The van der Waals surface area contributed by atoms with E-state index in [0.717, 1.165) is 10.4 Å². The first kappa shape index (κ1) is 19.4. The average molecular weight is 389 g/mol. The van der Waals surface area contributed by atoms with Crippen LogP contribution in [0.2, 0.25) is 5.02 Å². The second-order valence-corrected chi connectivity index (χ2v) is 8.12. The minimum absolute atomic E-state index is 0.0788. The number of carbonyl (C=O) groups is 1. The number of rotatable bonds is 5. The first-order valence-electron chi connectivity index (χ1n) is 7.25. The van der Waals surface area contributed by atoms with Crippen molar-refractivity contribution >= 4 is 33.2 Å². The summed E-state index contributed by atoms with van der Waals surface area (Å²) in [5.74, 6) is -1.03. The van der Waals surface area contributed by atoms with Crippen molar-refractivity contribution in [1.82, 2.24) is 14.1 Å². The SMILES string of the molecule is Cc1nn(CC(=O)Nc2ccc(F)c(Cl)c2)c(C)c1S(=O)(=O)N(C)C. The highest BCUT2D eigenvalue weighted by Crippen LogP contribution is 2.22. The van der Waals surface area contributed by atoms with E-state index in [1.54, 1.807) is 13.8 Å². The lowest BCUT2D eigenvalue weighted by atomic mass is 10.3. The van der Waals surface area contributed by atoms with Gasteiger partial charge >= 0.3 is 0 Å². The molecule has 25 heavy (non-hydrogen) atoms. The maximum atomic E-state index is 13.1. The number of hydrogen-bond donors (Lipinski definition) is 1. The molecule has 0 saturated heterocycles. The Bertz CT molecular complexity index is 925. The number of carbonyl (C=O) groups excluding carboxylic acids is 1. The summed E-state index contributed by atoms with van der Waals surface area (Å²) in [4.78, 5) is 12.2. The molecule has 0 unspecified atom stereocenters. The van der Waals surface area contributed by atoms with E-state index in [2.05, 4.69) is 10.4 Å². The van der Waals surface area contributed by atoms with Crippen LogP contribution in [0.1, 0.15) is 11.4 Å². The topological polar surface area (TPSA) is 84.3 Å². The zero-order chi connectivity index (χ0) is 18.9. The Kier molecular flexibility index (Phi) is 5.50. The molecule has 0 bridgehead atoms. The van der Waals surface area contributed by atoms with Crippen molar-refractivity contribution in [3.8, 4) is 0 Å². The van der Waals surface area contributed by atoms with Gasteiger partial charge in [-0.15, -0.1) is 0 Å². The molecule has 0 aliphatic rings. The molecule has 7 nitrogen and oxygen atoms in total.